The number of hydrogen-bond donors (Lipinski definition) is 0. The summed E-state index contributed by atoms with van der Waals surface area (Å²) in [6, 6.07) is 11.2. The van der Waals surface area contributed by atoms with Crippen molar-refractivity contribution in [3.8, 4) is 11.5 Å². The van der Waals surface area contributed by atoms with Crippen LogP contribution in [0.5, 0.6) is 11.5 Å². The first-order valence-corrected chi connectivity index (χ1v) is 12.9. The van der Waals surface area contributed by atoms with Crippen molar-refractivity contribution < 1.29 is 19.1 Å². The zero-order valence-corrected chi connectivity index (χ0v) is 21.5. The van der Waals surface area contributed by atoms with Crippen molar-refractivity contribution in [2.45, 2.75) is 26.4 Å². The fourth-order valence-electron chi connectivity index (χ4n) is 5.10. The third-order valence-electron chi connectivity index (χ3n) is 6.69. The summed E-state index contributed by atoms with van der Waals surface area (Å²) in [6.07, 6.45) is 7.69. The Morgan fingerprint density at radius 3 is 2.29 bits per heavy atom. The Morgan fingerprint density at radius 2 is 1.71 bits per heavy atom. The molecular formula is C26H24ClIN2O4. The molecule has 2 aromatic carbocycles. The second kappa shape index (κ2) is 9.70. The summed E-state index contributed by atoms with van der Waals surface area (Å²) in [5, 5.41) is 6.07. The van der Waals surface area contributed by atoms with Crippen LogP contribution in [0.3, 0.4) is 0 Å². The number of fused-ring (bicyclic) bond motifs is 1. The third-order valence-corrected chi connectivity index (χ3v) is 7.74. The first kappa shape index (κ1) is 23.4. The lowest BCUT2D eigenvalue weighted by atomic mass is 9.63. The number of hydrogen-bond acceptors (Lipinski definition) is 5. The Balaban J connectivity index is 1.35. The minimum atomic E-state index is -0.267. The Labute approximate surface area is 217 Å². The molecule has 0 N–H and O–H groups in total. The van der Waals surface area contributed by atoms with Gasteiger partial charge in [-0.2, -0.15) is 10.1 Å². The summed E-state index contributed by atoms with van der Waals surface area (Å²) in [4.78, 5) is 26.0. The van der Waals surface area contributed by atoms with Crippen molar-refractivity contribution in [1.82, 2.24) is 5.01 Å². The Hall–Kier alpha value is -2.39. The standard InChI is InChI=1S/C26H24ClIN2O4/c1-2-33-21-12-16(11-20(28)24(21)34-14-15-3-9-19(27)10-4-15)13-29-30-25(31)22-17-5-6-18(8-7-17)23(22)26(30)32/h3-6,9-13,17-18,22-23H,2,7-8,14H2,1H3/b29-13+. The van der Waals surface area contributed by atoms with Gasteiger partial charge < -0.3 is 9.47 Å². The molecule has 0 spiro atoms. The van der Waals surface area contributed by atoms with Gasteiger partial charge in [0.25, 0.3) is 11.8 Å². The topological polar surface area (TPSA) is 68.2 Å². The molecule has 1 heterocycles. The fraction of sp³-hybridized carbons (Fsp3) is 0.346. The molecule has 6 nitrogen and oxygen atoms in total. The molecule has 1 saturated heterocycles. The van der Waals surface area contributed by atoms with Crippen molar-refractivity contribution in [2.24, 2.45) is 28.8 Å². The maximum absolute atomic E-state index is 13.0. The van der Waals surface area contributed by atoms with Gasteiger partial charge in [-0.15, -0.1) is 0 Å². The van der Waals surface area contributed by atoms with Gasteiger partial charge >= 0.3 is 0 Å². The highest BCUT2D eigenvalue weighted by Gasteiger charge is 2.56. The largest absolute Gasteiger partial charge is 0.490 e. The van der Waals surface area contributed by atoms with Crippen molar-refractivity contribution in [1.29, 1.82) is 0 Å². The lowest BCUT2D eigenvalue weighted by Crippen LogP contribution is -2.38. The summed E-state index contributed by atoms with van der Waals surface area (Å²) < 4.78 is 12.7. The van der Waals surface area contributed by atoms with Crippen LogP contribution in [0.4, 0.5) is 0 Å². The van der Waals surface area contributed by atoms with Gasteiger partial charge in [0.05, 0.1) is 28.2 Å². The molecule has 4 atom stereocenters. The normalized spacial score (nSPS) is 25.3. The van der Waals surface area contributed by atoms with Crippen LogP contribution in [0.25, 0.3) is 0 Å². The van der Waals surface area contributed by atoms with Crippen LogP contribution < -0.4 is 9.47 Å². The van der Waals surface area contributed by atoms with E-state index in [4.69, 9.17) is 21.1 Å². The van der Waals surface area contributed by atoms with Gasteiger partial charge in [-0.1, -0.05) is 35.9 Å². The van der Waals surface area contributed by atoms with E-state index < -0.39 is 0 Å². The van der Waals surface area contributed by atoms with E-state index in [-0.39, 0.29) is 35.5 Å². The summed E-state index contributed by atoms with van der Waals surface area (Å²) in [5.74, 6) is 0.605. The Kier molecular flexibility index (Phi) is 6.66. The van der Waals surface area contributed by atoms with E-state index >= 15 is 0 Å². The summed E-state index contributed by atoms with van der Waals surface area (Å²) >= 11 is 8.15. The number of amides is 2. The van der Waals surface area contributed by atoms with Crippen LogP contribution in [0, 0.1) is 27.2 Å². The zero-order chi connectivity index (χ0) is 23.8. The molecule has 8 heteroatoms. The van der Waals surface area contributed by atoms with E-state index in [0.717, 1.165) is 32.5 Å². The number of imide groups is 1. The van der Waals surface area contributed by atoms with Crippen LogP contribution in [0.2, 0.25) is 5.02 Å². The Morgan fingerprint density at radius 1 is 1.06 bits per heavy atom. The summed E-state index contributed by atoms with van der Waals surface area (Å²) in [5.41, 5.74) is 1.72. The van der Waals surface area contributed by atoms with E-state index in [0.29, 0.717) is 29.7 Å². The molecule has 4 aliphatic rings. The maximum atomic E-state index is 13.0. The van der Waals surface area contributed by atoms with Gasteiger partial charge in [-0.3, -0.25) is 9.59 Å². The van der Waals surface area contributed by atoms with Crippen molar-refractivity contribution in [2.75, 3.05) is 6.61 Å². The third kappa shape index (κ3) is 4.35. The van der Waals surface area contributed by atoms with E-state index in [1.54, 1.807) is 6.21 Å². The van der Waals surface area contributed by atoms with Crippen LogP contribution in [0.15, 0.2) is 53.7 Å². The molecule has 1 saturated carbocycles. The summed E-state index contributed by atoms with van der Waals surface area (Å²) in [6.45, 7) is 2.75. The van der Waals surface area contributed by atoms with Crippen molar-refractivity contribution in [3.63, 3.8) is 0 Å². The molecule has 2 fully saturated rings. The molecule has 2 aromatic rings. The van der Waals surface area contributed by atoms with Gasteiger partial charge in [0.15, 0.2) is 11.5 Å². The molecule has 6 rings (SSSR count). The van der Waals surface area contributed by atoms with Crippen molar-refractivity contribution >= 4 is 52.2 Å². The number of ether oxygens (including phenoxy) is 2. The van der Waals surface area contributed by atoms with E-state index in [1.807, 2.05) is 43.3 Å². The molecular weight excluding hydrogens is 567 g/mol. The number of nitrogens with zero attached hydrogens (tertiary/aromatic N) is 2. The second-order valence-corrected chi connectivity index (χ2v) is 10.4. The minimum absolute atomic E-state index is 0.147. The van der Waals surface area contributed by atoms with Crippen molar-refractivity contribution in [3.05, 3.63) is 68.3 Å². The molecule has 4 unspecified atom stereocenters. The fourth-order valence-corrected chi connectivity index (χ4v) is 6.01. The number of hydrazone groups is 1. The average molecular weight is 591 g/mol. The Bertz CT molecular complexity index is 1150. The van der Waals surface area contributed by atoms with E-state index in [2.05, 4.69) is 39.8 Å². The molecule has 0 aromatic heterocycles. The number of rotatable bonds is 7. The van der Waals surface area contributed by atoms with Gasteiger partial charge in [0.2, 0.25) is 0 Å². The predicted molar refractivity (Wildman–Crippen MR) is 138 cm³/mol. The minimum Gasteiger partial charge on any atom is -0.490 e. The first-order valence-electron chi connectivity index (χ1n) is 11.4. The first-order chi connectivity index (χ1) is 16.5. The zero-order valence-electron chi connectivity index (χ0n) is 18.6. The smallest absolute Gasteiger partial charge is 0.254 e. The maximum Gasteiger partial charge on any atom is 0.254 e. The van der Waals surface area contributed by atoms with Gasteiger partial charge in [0.1, 0.15) is 6.61 Å². The molecule has 0 radical (unpaired) electrons. The highest BCUT2D eigenvalue weighted by molar-refractivity contribution is 14.1. The molecule has 34 heavy (non-hydrogen) atoms. The predicted octanol–water partition coefficient (Wildman–Crippen LogP) is 5.45. The average Bonchev–Trinajstić information content (AvgIpc) is 3.11. The SMILES string of the molecule is CCOc1cc(/C=N/N2C(=O)C3C4C=CC(CC4)C3C2=O)cc(I)c1OCc1ccc(Cl)cc1. The summed E-state index contributed by atoms with van der Waals surface area (Å²) in [7, 11) is 0. The number of halogens is 2. The van der Waals surface area contributed by atoms with E-state index in [1.165, 1.54) is 0 Å². The van der Waals surface area contributed by atoms with Crippen LogP contribution >= 0.6 is 34.2 Å². The highest BCUT2D eigenvalue weighted by atomic mass is 127. The van der Waals surface area contributed by atoms with Gasteiger partial charge in [-0.25, -0.2) is 0 Å². The molecule has 176 valence electrons. The van der Waals surface area contributed by atoms with Gasteiger partial charge in [0, 0.05) is 5.02 Å². The quantitative estimate of drug-likeness (QED) is 0.186. The number of carbonyl (C=O) groups excluding carboxylic acids is 2. The molecule has 1 aliphatic heterocycles. The molecule has 2 bridgehead atoms. The van der Waals surface area contributed by atoms with Crippen LogP contribution in [-0.4, -0.2) is 29.6 Å². The second-order valence-electron chi connectivity index (χ2n) is 8.75. The number of benzene rings is 2. The lowest BCUT2D eigenvalue weighted by molar-refractivity contribution is -0.140. The van der Waals surface area contributed by atoms with Crippen LogP contribution in [-0.2, 0) is 16.2 Å². The number of allylic oxidation sites excluding steroid dienone is 2. The van der Waals surface area contributed by atoms with Gasteiger partial charge in [-0.05, 0) is 89.6 Å². The monoisotopic (exact) mass is 590 g/mol. The lowest BCUT2D eigenvalue weighted by Gasteiger charge is -2.37. The van der Waals surface area contributed by atoms with Crippen LogP contribution in [0.1, 0.15) is 30.9 Å². The molecule has 3 aliphatic carbocycles. The van der Waals surface area contributed by atoms with E-state index in [9.17, 15) is 9.59 Å². The molecule has 2 amide bonds. The highest BCUT2D eigenvalue weighted by Crippen LogP contribution is 2.49. The number of carbonyl (C=O) groups is 2.